The van der Waals surface area contributed by atoms with Gasteiger partial charge >= 0.3 is 0 Å². The zero-order chi connectivity index (χ0) is 14.4. The Labute approximate surface area is 119 Å². The highest BCUT2D eigenvalue weighted by molar-refractivity contribution is 5.01. The van der Waals surface area contributed by atoms with Crippen molar-refractivity contribution in [2.24, 2.45) is 17.3 Å². The highest BCUT2D eigenvalue weighted by Crippen LogP contribution is 2.48. The second-order valence-corrected chi connectivity index (χ2v) is 8.70. The summed E-state index contributed by atoms with van der Waals surface area (Å²) in [5.74, 6) is 1.73. The zero-order valence-electron chi connectivity index (χ0n) is 14.0. The Kier molecular flexibility index (Phi) is 4.06. The van der Waals surface area contributed by atoms with Crippen molar-refractivity contribution in [3.63, 3.8) is 0 Å². The second kappa shape index (κ2) is 5.04. The number of ether oxygens (including phenoxy) is 1. The Hall–Kier alpha value is -0.0800. The summed E-state index contributed by atoms with van der Waals surface area (Å²) in [6.45, 7) is 15.5. The van der Waals surface area contributed by atoms with Crippen molar-refractivity contribution in [1.29, 1.82) is 0 Å². The van der Waals surface area contributed by atoms with Gasteiger partial charge in [-0.05, 0) is 63.8 Å². The van der Waals surface area contributed by atoms with Gasteiger partial charge in [-0.3, -0.25) is 4.90 Å². The van der Waals surface area contributed by atoms with Gasteiger partial charge in [-0.25, -0.2) is 0 Å². The molecule has 2 heteroatoms. The van der Waals surface area contributed by atoms with Crippen LogP contribution >= 0.6 is 0 Å². The molecule has 1 aliphatic heterocycles. The van der Waals surface area contributed by atoms with Gasteiger partial charge in [-0.1, -0.05) is 20.8 Å². The molecule has 0 N–H and O–H groups in total. The topological polar surface area (TPSA) is 12.5 Å². The minimum absolute atomic E-state index is 0.285. The SMILES string of the molecule is COC1CC1C1CCN(C(C)(C)C)C(C(C)(C)C)C1. The molecule has 4 unspecified atom stereocenters. The van der Waals surface area contributed by atoms with Gasteiger partial charge in [0.15, 0.2) is 0 Å². The first-order chi connectivity index (χ1) is 8.64. The van der Waals surface area contributed by atoms with Gasteiger partial charge in [0.2, 0.25) is 0 Å². The van der Waals surface area contributed by atoms with Crippen molar-refractivity contribution in [2.45, 2.75) is 78.5 Å². The van der Waals surface area contributed by atoms with Crippen LogP contribution in [-0.4, -0.2) is 36.2 Å². The van der Waals surface area contributed by atoms with Crippen LogP contribution in [0.3, 0.4) is 0 Å². The summed E-state index contributed by atoms with van der Waals surface area (Å²) in [6, 6.07) is 0.698. The molecule has 4 atom stereocenters. The minimum atomic E-state index is 0.285. The van der Waals surface area contributed by atoms with E-state index in [2.05, 4.69) is 46.4 Å². The quantitative estimate of drug-likeness (QED) is 0.751. The lowest BCUT2D eigenvalue weighted by Gasteiger charge is -2.52. The highest BCUT2D eigenvalue weighted by atomic mass is 16.5. The van der Waals surface area contributed by atoms with Crippen LogP contribution in [0.2, 0.25) is 0 Å². The van der Waals surface area contributed by atoms with Crippen LogP contribution in [-0.2, 0) is 4.74 Å². The maximum Gasteiger partial charge on any atom is 0.0606 e. The first kappa shape index (κ1) is 15.3. The molecule has 0 aromatic heterocycles. The number of likely N-dealkylation sites (tertiary alicyclic amines) is 1. The minimum Gasteiger partial charge on any atom is -0.381 e. The van der Waals surface area contributed by atoms with Crippen LogP contribution < -0.4 is 0 Å². The summed E-state index contributed by atoms with van der Waals surface area (Å²) in [4.78, 5) is 2.74. The second-order valence-electron chi connectivity index (χ2n) is 8.70. The molecule has 0 aromatic rings. The Morgan fingerprint density at radius 1 is 1.00 bits per heavy atom. The van der Waals surface area contributed by atoms with Gasteiger partial charge in [0.05, 0.1) is 6.10 Å². The van der Waals surface area contributed by atoms with E-state index in [-0.39, 0.29) is 5.54 Å². The molecule has 1 saturated heterocycles. The number of nitrogens with zero attached hydrogens (tertiary/aromatic N) is 1. The van der Waals surface area contributed by atoms with Crippen LogP contribution in [0.5, 0.6) is 0 Å². The van der Waals surface area contributed by atoms with Crippen molar-refractivity contribution < 1.29 is 4.74 Å². The molecule has 2 nitrogen and oxygen atoms in total. The van der Waals surface area contributed by atoms with Gasteiger partial charge < -0.3 is 4.74 Å². The van der Waals surface area contributed by atoms with Crippen molar-refractivity contribution in [2.75, 3.05) is 13.7 Å². The number of methoxy groups -OCH3 is 1. The molecule has 0 spiro atoms. The lowest BCUT2D eigenvalue weighted by molar-refractivity contribution is -0.0287. The maximum absolute atomic E-state index is 5.53. The standard InChI is InChI=1S/C17H33NO/c1-16(2,3)15-10-12(13-11-14(13)19-7)8-9-18(15)17(4,5)6/h12-15H,8-11H2,1-7H3. The molecule has 0 radical (unpaired) electrons. The van der Waals surface area contributed by atoms with E-state index in [4.69, 9.17) is 4.74 Å². The number of rotatable bonds is 2. The predicted octanol–water partition coefficient (Wildman–Crippen LogP) is 3.95. The van der Waals surface area contributed by atoms with Crippen molar-refractivity contribution in [1.82, 2.24) is 4.90 Å². The third-order valence-corrected chi connectivity index (χ3v) is 5.19. The Morgan fingerprint density at radius 2 is 1.63 bits per heavy atom. The third-order valence-electron chi connectivity index (χ3n) is 5.19. The summed E-state index contributed by atoms with van der Waals surface area (Å²) in [7, 11) is 1.87. The molecule has 112 valence electrons. The van der Waals surface area contributed by atoms with Gasteiger partial charge in [-0.2, -0.15) is 0 Å². The van der Waals surface area contributed by atoms with E-state index in [9.17, 15) is 0 Å². The van der Waals surface area contributed by atoms with Gasteiger partial charge in [0.1, 0.15) is 0 Å². The smallest absolute Gasteiger partial charge is 0.0606 e. The molecule has 2 aliphatic rings. The first-order valence-corrected chi connectivity index (χ1v) is 7.94. The lowest BCUT2D eigenvalue weighted by Crippen LogP contribution is -2.57. The zero-order valence-corrected chi connectivity index (χ0v) is 14.0. The largest absolute Gasteiger partial charge is 0.381 e. The lowest BCUT2D eigenvalue weighted by atomic mass is 9.74. The molecule has 19 heavy (non-hydrogen) atoms. The van der Waals surface area contributed by atoms with Crippen LogP contribution in [0.15, 0.2) is 0 Å². The van der Waals surface area contributed by atoms with Gasteiger partial charge in [-0.15, -0.1) is 0 Å². The van der Waals surface area contributed by atoms with E-state index in [0.29, 0.717) is 17.6 Å². The molecule has 1 heterocycles. The molecule has 2 rings (SSSR count). The summed E-state index contributed by atoms with van der Waals surface area (Å²) in [6.07, 6.45) is 4.57. The number of hydrogen-bond acceptors (Lipinski definition) is 2. The van der Waals surface area contributed by atoms with Gasteiger partial charge in [0.25, 0.3) is 0 Å². The van der Waals surface area contributed by atoms with E-state index in [1.54, 1.807) is 0 Å². The number of piperidine rings is 1. The van der Waals surface area contributed by atoms with Crippen LogP contribution in [0.1, 0.15) is 60.8 Å². The van der Waals surface area contributed by atoms with E-state index in [0.717, 1.165) is 11.8 Å². The van der Waals surface area contributed by atoms with E-state index >= 15 is 0 Å². The normalized spacial score (nSPS) is 37.4. The Morgan fingerprint density at radius 3 is 2.05 bits per heavy atom. The molecule has 0 amide bonds. The van der Waals surface area contributed by atoms with Crippen molar-refractivity contribution in [3.8, 4) is 0 Å². The average molecular weight is 267 g/mol. The number of hydrogen-bond donors (Lipinski definition) is 0. The van der Waals surface area contributed by atoms with Crippen LogP contribution in [0.25, 0.3) is 0 Å². The Bertz CT molecular complexity index is 312. The maximum atomic E-state index is 5.53. The monoisotopic (exact) mass is 267 g/mol. The van der Waals surface area contributed by atoms with Gasteiger partial charge in [0, 0.05) is 18.7 Å². The molecular weight excluding hydrogens is 234 g/mol. The average Bonchev–Trinajstić information content (AvgIpc) is 3.05. The predicted molar refractivity (Wildman–Crippen MR) is 81.3 cm³/mol. The van der Waals surface area contributed by atoms with Crippen LogP contribution in [0, 0.1) is 17.3 Å². The van der Waals surface area contributed by atoms with E-state index in [1.807, 2.05) is 7.11 Å². The summed E-state index contributed by atoms with van der Waals surface area (Å²) < 4.78 is 5.53. The molecule has 2 fully saturated rings. The van der Waals surface area contributed by atoms with Crippen molar-refractivity contribution in [3.05, 3.63) is 0 Å². The fraction of sp³-hybridized carbons (Fsp3) is 1.00. The van der Waals surface area contributed by atoms with E-state index in [1.165, 1.54) is 25.8 Å². The Balaban J connectivity index is 2.08. The summed E-state index contributed by atoms with van der Waals surface area (Å²) in [5, 5.41) is 0. The molecule has 0 bridgehead atoms. The van der Waals surface area contributed by atoms with Crippen molar-refractivity contribution >= 4 is 0 Å². The first-order valence-electron chi connectivity index (χ1n) is 7.94. The fourth-order valence-electron chi connectivity index (χ4n) is 3.96. The van der Waals surface area contributed by atoms with Crippen LogP contribution in [0.4, 0.5) is 0 Å². The molecule has 1 saturated carbocycles. The summed E-state index contributed by atoms with van der Waals surface area (Å²) >= 11 is 0. The molecule has 1 aliphatic carbocycles. The summed E-state index contributed by atoms with van der Waals surface area (Å²) in [5.41, 5.74) is 0.649. The molecular formula is C17H33NO. The fourth-order valence-corrected chi connectivity index (χ4v) is 3.96. The third kappa shape index (κ3) is 3.33. The van der Waals surface area contributed by atoms with E-state index < -0.39 is 0 Å². The molecule has 0 aromatic carbocycles. The highest BCUT2D eigenvalue weighted by Gasteiger charge is 2.48.